The van der Waals surface area contributed by atoms with Gasteiger partial charge >= 0.3 is 0 Å². The smallest absolute Gasteiger partial charge is 0.263 e. The summed E-state index contributed by atoms with van der Waals surface area (Å²) >= 11 is 7.07. The highest BCUT2D eigenvalue weighted by Crippen LogP contribution is 2.32. The molecule has 1 aromatic heterocycles. The van der Waals surface area contributed by atoms with Gasteiger partial charge in [0.25, 0.3) is 5.91 Å². The van der Waals surface area contributed by atoms with E-state index in [0.29, 0.717) is 27.4 Å². The fourth-order valence-corrected chi connectivity index (χ4v) is 3.96. The van der Waals surface area contributed by atoms with Crippen LogP contribution in [0.2, 0.25) is 5.02 Å². The molecule has 2 aromatic carbocycles. The number of hydrogen-bond acceptors (Lipinski definition) is 6. The maximum Gasteiger partial charge on any atom is 0.263 e. The van der Waals surface area contributed by atoms with Crippen LogP contribution in [0.1, 0.15) is 22.6 Å². The normalized spacial score (nSPS) is 15.2. The van der Waals surface area contributed by atoms with Crippen LogP contribution >= 0.6 is 23.4 Å². The van der Waals surface area contributed by atoms with Crippen molar-refractivity contribution >= 4 is 40.9 Å². The lowest BCUT2D eigenvalue weighted by Gasteiger charge is -2.08. The van der Waals surface area contributed by atoms with E-state index in [2.05, 4.69) is 15.4 Å². The third kappa shape index (κ3) is 4.60. The average molecular weight is 429 g/mol. The van der Waals surface area contributed by atoms with E-state index >= 15 is 0 Å². The van der Waals surface area contributed by atoms with Gasteiger partial charge in [0.15, 0.2) is 11.0 Å². The van der Waals surface area contributed by atoms with Gasteiger partial charge in [0.05, 0.1) is 0 Å². The summed E-state index contributed by atoms with van der Waals surface area (Å²) < 4.78 is 6.90. The Hall–Kier alpha value is -2.84. The number of carbonyl (C=O) groups is 2. The molecule has 7 nitrogen and oxygen atoms in total. The highest BCUT2D eigenvalue weighted by Gasteiger charge is 2.36. The van der Waals surface area contributed by atoms with Gasteiger partial charge in [-0.3, -0.25) is 9.59 Å². The zero-order valence-corrected chi connectivity index (χ0v) is 17.0. The maximum absolute atomic E-state index is 12.6. The van der Waals surface area contributed by atoms with E-state index in [0.717, 1.165) is 5.56 Å². The molecule has 1 N–H and O–H groups in total. The molecule has 1 unspecified atom stereocenters. The first-order valence-electron chi connectivity index (χ1n) is 8.89. The monoisotopic (exact) mass is 428 g/mol. The fraction of sp³-hybridized carbons (Fsp3) is 0.200. The summed E-state index contributed by atoms with van der Waals surface area (Å²) in [6.07, 6.45) is 0.0341. The van der Waals surface area contributed by atoms with Crippen LogP contribution in [-0.2, 0) is 11.4 Å². The Morgan fingerprint density at radius 2 is 1.93 bits per heavy atom. The van der Waals surface area contributed by atoms with Gasteiger partial charge in [0.1, 0.15) is 17.6 Å². The van der Waals surface area contributed by atoms with Crippen molar-refractivity contribution in [3.05, 3.63) is 64.9 Å². The number of aromatic nitrogens is 3. The number of aryl methyl sites for hydroxylation is 1. The Kier molecular flexibility index (Phi) is 5.55. The van der Waals surface area contributed by atoms with Crippen molar-refractivity contribution < 1.29 is 14.3 Å². The molecular weight excluding hydrogens is 412 g/mol. The first-order chi connectivity index (χ1) is 14.0. The van der Waals surface area contributed by atoms with Gasteiger partial charge < -0.3 is 10.1 Å². The summed E-state index contributed by atoms with van der Waals surface area (Å²) in [6, 6.07) is 14.4. The van der Waals surface area contributed by atoms with E-state index < -0.39 is 5.25 Å². The molecule has 9 heteroatoms. The molecule has 4 rings (SSSR count). The molecule has 0 saturated heterocycles. The van der Waals surface area contributed by atoms with Gasteiger partial charge in [-0.05, 0) is 43.3 Å². The van der Waals surface area contributed by atoms with Crippen molar-refractivity contribution in [2.45, 2.75) is 30.4 Å². The van der Waals surface area contributed by atoms with Crippen LogP contribution < -0.4 is 10.1 Å². The summed E-state index contributed by atoms with van der Waals surface area (Å²) in [7, 11) is 0. The largest absolute Gasteiger partial charge is 0.486 e. The summed E-state index contributed by atoms with van der Waals surface area (Å²) in [5, 5.41) is 7.48. The standard InChI is InChI=1S/C20H17ClN4O3S/c1-12-2-8-15(9-3-12)28-11-17-23-20-25(24-17)19(27)16(29-20)10-18(26)22-14-6-4-13(21)5-7-14/h2-9,16H,10-11H2,1H3,(H,22,26). The van der Waals surface area contributed by atoms with Crippen LogP contribution in [0.25, 0.3) is 0 Å². The molecule has 0 aliphatic carbocycles. The number of carbonyl (C=O) groups excluding carboxylic acids is 2. The van der Waals surface area contributed by atoms with Crippen LogP contribution in [0, 0.1) is 6.92 Å². The Bertz CT molecular complexity index is 1050. The molecule has 1 aliphatic heterocycles. The van der Waals surface area contributed by atoms with Crippen LogP contribution in [0.5, 0.6) is 5.75 Å². The number of nitrogens with zero attached hydrogens (tertiary/aromatic N) is 3. The van der Waals surface area contributed by atoms with Crippen molar-refractivity contribution in [1.82, 2.24) is 14.8 Å². The summed E-state index contributed by atoms with van der Waals surface area (Å²) in [5.41, 5.74) is 1.77. The molecule has 0 radical (unpaired) electrons. The highest BCUT2D eigenvalue weighted by atomic mass is 35.5. The lowest BCUT2D eigenvalue weighted by molar-refractivity contribution is -0.116. The number of benzene rings is 2. The van der Waals surface area contributed by atoms with Crippen molar-refractivity contribution in [2.75, 3.05) is 5.32 Å². The summed E-state index contributed by atoms with van der Waals surface area (Å²) in [4.78, 5) is 29.1. The number of hydrogen-bond donors (Lipinski definition) is 1. The quantitative estimate of drug-likeness (QED) is 0.639. The fourth-order valence-electron chi connectivity index (χ4n) is 2.76. The number of rotatable bonds is 6. The van der Waals surface area contributed by atoms with Crippen molar-refractivity contribution in [3.8, 4) is 5.75 Å². The number of thioether (sulfide) groups is 1. The third-order valence-electron chi connectivity index (χ3n) is 4.24. The first kappa shape index (κ1) is 19.5. The molecule has 29 heavy (non-hydrogen) atoms. The minimum absolute atomic E-state index is 0.0341. The second kappa shape index (κ2) is 8.26. The number of nitrogens with one attached hydrogen (secondary N) is 1. The molecular formula is C20H17ClN4O3S. The van der Waals surface area contributed by atoms with Crippen molar-refractivity contribution in [1.29, 1.82) is 0 Å². The molecule has 1 atom stereocenters. The van der Waals surface area contributed by atoms with Crippen molar-refractivity contribution in [2.24, 2.45) is 0 Å². The van der Waals surface area contributed by atoms with Crippen LogP contribution in [0.4, 0.5) is 5.69 Å². The van der Waals surface area contributed by atoms with E-state index in [1.165, 1.54) is 16.4 Å². The topological polar surface area (TPSA) is 86.1 Å². The van der Waals surface area contributed by atoms with E-state index in [1.807, 2.05) is 31.2 Å². The highest BCUT2D eigenvalue weighted by molar-refractivity contribution is 8.00. The Labute approximate surface area is 176 Å². The molecule has 0 fully saturated rings. The van der Waals surface area contributed by atoms with Crippen LogP contribution in [-0.4, -0.2) is 31.8 Å². The lowest BCUT2D eigenvalue weighted by Crippen LogP contribution is -2.25. The predicted octanol–water partition coefficient (Wildman–Crippen LogP) is 3.96. The number of anilines is 1. The molecule has 0 spiro atoms. The van der Waals surface area contributed by atoms with Gasteiger partial charge in [0.2, 0.25) is 5.91 Å². The second-order valence-corrected chi connectivity index (χ2v) is 8.13. The Morgan fingerprint density at radius 1 is 1.21 bits per heavy atom. The molecule has 0 saturated carbocycles. The minimum atomic E-state index is -0.552. The molecule has 1 aliphatic rings. The minimum Gasteiger partial charge on any atom is -0.486 e. The number of amides is 1. The Morgan fingerprint density at radius 3 is 2.62 bits per heavy atom. The molecule has 1 amide bonds. The third-order valence-corrected chi connectivity index (χ3v) is 5.62. The van der Waals surface area contributed by atoms with Crippen LogP contribution in [0.15, 0.2) is 53.7 Å². The van der Waals surface area contributed by atoms with E-state index in [-0.39, 0.29) is 24.8 Å². The van der Waals surface area contributed by atoms with Crippen molar-refractivity contribution in [3.63, 3.8) is 0 Å². The molecule has 148 valence electrons. The van der Waals surface area contributed by atoms with E-state index in [1.54, 1.807) is 24.3 Å². The first-order valence-corrected chi connectivity index (χ1v) is 10.2. The predicted molar refractivity (Wildman–Crippen MR) is 111 cm³/mol. The number of fused-ring (bicyclic) bond motifs is 1. The zero-order chi connectivity index (χ0) is 20.4. The SMILES string of the molecule is Cc1ccc(OCc2nc3n(n2)C(=O)C(CC(=O)Nc2ccc(Cl)cc2)S3)cc1. The van der Waals surface area contributed by atoms with E-state index in [4.69, 9.17) is 16.3 Å². The van der Waals surface area contributed by atoms with Gasteiger partial charge in [-0.25, -0.2) is 4.98 Å². The molecule has 3 aromatic rings. The number of ether oxygens (including phenoxy) is 1. The number of halogens is 1. The van der Waals surface area contributed by atoms with Gasteiger partial charge in [-0.15, -0.1) is 5.10 Å². The van der Waals surface area contributed by atoms with Gasteiger partial charge in [0, 0.05) is 17.1 Å². The Balaban J connectivity index is 1.33. The molecule has 2 heterocycles. The second-order valence-electron chi connectivity index (χ2n) is 6.53. The van der Waals surface area contributed by atoms with Gasteiger partial charge in [-0.2, -0.15) is 4.68 Å². The maximum atomic E-state index is 12.6. The average Bonchev–Trinajstić information content (AvgIpc) is 3.22. The van der Waals surface area contributed by atoms with Gasteiger partial charge in [-0.1, -0.05) is 41.1 Å². The van der Waals surface area contributed by atoms with E-state index in [9.17, 15) is 9.59 Å². The zero-order valence-electron chi connectivity index (χ0n) is 15.5. The van der Waals surface area contributed by atoms with Crippen LogP contribution in [0.3, 0.4) is 0 Å². The summed E-state index contributed by atoms with van der Waals surface area (Å²) in [6.45, 7) is 2.17. The molecule has 0 bridgehead atoms. The lowest BCUT2D eigenvalue weighted by atomic mass is 10.2. The summed E-state index contributed by atoms with van der Waals surface area (Å²) in [5.74, 6) is 0.615.